The summed E-state index contributed by atoms with van der Waals surface area (Å²) < 4.78 is 0. The van der Waals surface area contributed by atoms with Crippen LogP contribution >= 0.6 is 0 Å². The van der Waals surface area contributed by atoms with Crippen LogP contribution < -0.4 is 11.3 Å². The Kier molecular flexibility index (Phi) is 22.5. The molecule has 3 heteroatoms. The largest absolute Gasteiger partial charge is 0.550 e. The van der Waals surface area contributed by atoms with Crippen LogP contribution in [0.4, 0.5) is 0 Å². The minimum absolute atomic E-state index is 0. The highest BCUT2D eigenvalue weighted by molar-refractivity contribution is 5.63. The number of carbonyl (C=O) groups excluding carboxylic acids is 1. The number of rotatable bonds is 17. The fourth-order valence-electron chi connectivity index (χ4n) is 2.69. The lowest BCUT2D eigenvalue weighted by Gasteiger charge is -2.02. The maximum Gasteiger partial charge on any atom is 0.0414 e. The smallest absolute Gasteiger partial charge is 0.0414 e. The summed E-state index contributed by atoms with van der Waals surface area (Å²) in [4.78, 5) is 10.2. The van der Waals surface area contributed by atoms with E-state index in [1.165, 1.54) is 83.5 Å². The third kappa shape index (κ3) is 23.6. The van der Waals surface area contributed by atoms with Gasteiger partial charge in [-0.1, -0.05) is 83.3 Å². The standard InChI is InChI=1S/C20H38O2.H3N/c1-2-3-4-5-6-7-8-9-10-11-12-13-14-15-16-17-18-19-20(21)22;/h9-10H,2-8,11-19H2,1H3,(H,21,22);1H3/b10-9-;. The van der Waals surface area contributed by atoms with E-state index in [9.17, 15) is 9.90 Å². The zero-order valence-corrected chi connectivity index (χ0v) is 15.8. The number of hydrogen-bond acceptors (Lipinski definition) is 2. The fraction of sp³-hybridized carbons (Fsp3) is 0.850. The van der Waals surface area contributed by atoms with Crippen molar-refractivity contribution in [2.24, 2.45) is 0 Å². The monoisotopic (exact) mass is 327 g/mol. The van der Waals surface area contributed by atoms with Crippen LogP contribution in [0.15, 0.2) is 12.2 Å². The normalized spacial score (nSPS) is 10.8. The Balaban J connectivity index is 0. The summed E-state index contributed by atoms with van der Waals surface area (Å²) in [7, 11) is 0. The number of carboxylic acid groups (broad SMARTS) is 1. The van der Waals surface area contributed by atoms with E-state index < -0.39 is 5.97 Å². The van der Waals surface area contributed by atoms with Crippen LogP contribution in [-0.4, -0.2) is 5.97 Å². The third-order valence-electron chi connectivity index (χ3n) is 4.14. The number of carbonyl (C=O) groups is 1. The van der Waals surface area contributed by atoms with Crippen molar-refractivity contribution in [1.29, 1.82) is 0 Å². The summed E-state index contributed by atoms with van der Waals surface area (Å²) in [5.74, 6) is -0.909. The highest BCUT2D eigenvalue weighted by Crippen LogP contribution is 2.11. The maximum absolute atomic E-state index is 10.2. The van der Waals surface area contributed by atoms with E-state index in [4.69, 9.17) is 0 Å². The van der Waals surface area contributed by atoms with Gasteiger partial charge in [0, 0.05) is 5.97 Å². The molecule has 3 nitrogen and oxygen atoms in total. The minimum Gasteiger partial charge on any atom is -0.550 e. The van der Waals surface area contributed by atoms with Gasteiger partial charge in [-0.15, -0.1) is 0 Å². The van der Waals surface area contributed by atoms with Crippen LogP contribution in [0.5, 0.6) is 0 Å². The molecule has 23 heavy (non-hydrogen) atoms. The second-order valence-electron chi connectivity index (χ2n) is 6.41. The van der Waals surface area contributed by atoms with Gasteiger partial charge in [-0.25, -0.2) is 0 Å². The zero-order chi connectivity index (χ0) is 16.3. The first-order valence-electron chi connectivity index (χ1n) is 9.62. The lowest BCUT2D eigenvalue weighted by atomic mass is 10.1. The maximum atomic E-state index is 10.2. The Morgan fingerprint density at radius 2 is 1.09 bits per heavy atom. The van der Waals surface area contributed by atoms with Crippen molar-refractivity contribution in [1.82, 2.24) is 6.15 Å². The summed E-state index contributed by atoms with van der Waals surface area (Å²) >= 11 is 0. The first-order valence-corrected chi connectivity index (χ1v) is 9.62. The number of unbranched alkanes of at least 4 members (excludes halogenated alkanes) is 13. The van der Waals surface area contributed by atoms with Crippen molar-refractivity contribution in [2.45, 2.75) is 110 Å². The average molecular weight is 328 g/mol. The molecule has 0 heterocycles. The number of allylic oxidation sites excluding steroid dienone is 2. The SMILES string of the molecule is CCCCCCCC/C=C\CCCCCCCCCC(=O)[O-].[NH4+]. The van der Waals surface area contributed by atoms with Crippen LogP contribution in [0.25, 0.3) is 0 Å². The Hall–Kier alpha value is -0.830. The van der Waals surface area contributed by atoms with E-state index in [2.05, 4.69) is 19.1 Å². The van der Waals surface area contributed by atoms with Crippen molar-refractivity contribution in [2.75, 3.05) is 0 Å². The minimum atomic E-state index is -0.909. The van der Waals surface area contributed by atoms with E-state index in [-0.39, 0.29) is 12.6 Å². The molecule has 138 valence electrons. The third-order valence-corrected chi connectivity index (χ3v) is 4.14. The molecule has 0 amide bonds. The second kappa shape index (κ2) is 21.2. The Morgan fingerprint density at radius 1 is 0.696 bits per heavy atom. The number of quaternary nitrogens is 1. The summed E-state index contributed by atoms with van der Waals surface area (Å²) in [6, 6.07) is 0. The number of carboxylic acids is 1. The van der Waals surface area contributed by atoms with Crippen LogP contribution in [0.3, 0.4) is 0 Å². The molecule has 0 spiro atoms. The lowest BCUT2D eigenvalue weighted by Crippen LogP contribution is -2.21. The molecule has 0 aromatic rings. The zero-order valence-electron chi connectivity index (χ0n) is 15.8. The van der Waals surface area contributed by atoms with Gasteiger partial charge in [-0.2, -0.15) is 0 Å². The quantitative estimate of drug-likeness (QED) is 0.265. The van der Waals surface area contributed by atoms with Gasteiger partial charge in [-0.05, 0) is 38.5 Å². The van der Waals surface area contributed by atoms with Gasteiger partial charge in [0.2, 0.25) is 0 Å². The van der Waals surface area contributed by atoms with Crippen LogP contribution in [0.1, 0.15) is 110 Å². The summed E-state index contributed by atoms with van der Waals surface area (Å²) in [5, 5.41) is 10.2. The average Bonchev–Trinajstić information content (AvgIpc) is 2.50. The van der Waals surface area contributed by atoms with Gasteiger partial charge in [0.05, 0.1) is 0 Å². The molecule has 0 radical (unpaired) electrons. The van der Waals surface area contributed by atoms with E-state index in [1.807, 2.05) is 0 Å². The molecular weight excluding hydrogens is 286 g/mol. The summed E-state index contributed by atoms with van der Waals surface area (Å²) in [5.41, 5.74) is 0. The summed E-state index contributed by atoms with van der Waals surface area (Å²) in [6.45, 7) is 2.26. The van der Waals surface area contributed by atoms with Crippen LogP contribution in [0, 0.1) is 0 Å². The lowest BCUT2D eigenvalue weighted by molar-refractivity contribution is -0.305. The van der Waals surface area contributed by atoms with Crippen molar-refractivity contribution in [3.05, 3.63) is 12.2 Å². The van der Waals surface area contributed by atoms with Gasteiger partial charge in [-0.3, -0.25) is 0 Å². The Bertz CT molecular complexity index is 264. The molecule has 0 fully saturated rings. The molecular formula is C20H41NO2. The van der Waals surface area contributed by atoms with Gasteiger partial charge < -0.3 is 16.1 Å². The Labute approximate surface area is 144 Å². The van der Waals surface area contributed by atoms with E-state index >= 15 is 0 Å². The number of hydrogen-bond donors (Lipinski definition) is 1. The van der Waals surface area contributed by atoms with E-state index in [1.54, 1.807) is 0 Å². The van der Waals surface area contributed by atoms with Crippen molar-refractivity contribution < 1.29 is 9.90 Å². The Morgan fingerprint density at radius 3 is 1.52 bits per heavy atom. The van der Waals surface area contributed by atoms with E-state index in [0.717, 1.165) is 12.8 Å². The van der Waals surface area contributed by atoms with Gasteiger partial charge in [0.25, 0.3) is 0 Å². The molecule has 0 aliphatic heterocycles. The van der Waals surface area contributed by atoms with Gasteiger partial charge >= 0.3 is 0 Å². The highest BCUT2D eigenvalue weighted by Gasteiger charge is 1.92. The van der Waals surface area contributed by atoms with Crippen molar-refractivity contribution in [3.8, 4) is 0 Å². The van der Waals surface area contributed by atoms with E-state index in [0.29, 0.717) is 0 Å². The van der Waals surface area contributed by atoms with Gasteiger partial charge in [0.15, 0.2) is 0 Å². The molecule has 0 bridgehead atoms. The molecule has 0 aromatic heterocycles. The van der Waals surface area contributed by atoms with Gasteiger partial charge in [0.1, 0.15) is 0 Å². The predicted molar refractivity (Wildman–Crippen MR) is 99.7 cm³/mol. The van der Waals surface area contributed by atoms with Crippen LogP contribution in [-0.2, 0) is 4.79 Å². The fourth-order valence-corrected chi connectivity index (χ4v) is 2.69. The first-order chi connectivity index (χ1) is 10.8. The molecule has 0 rings (SSSR count). The van der Waals surface area contributed by atoms with Crippen molar-refractivity contribution in [3.63, 3.8) is 0 Å². The van der Waals surface area contributed by atoms with Crippen molar-refractivity contribution >= 4 is 5.97 Å². The molecule has 0 saturated heterocycles. The molecule has 0 unspecified atom stereocenters. The topological polar surface area (TPSA) is 76.6 Å². The highest BCUT2D eigenvalue weighted by atomic mass is 16.4. The first kappa shape index (κ1) is 24.4. The van der Waals surface area contributed by atoms with Crippen LogP contribution in [0.2, 0.25) is 0 Å². The predicted octanol–water partition coefficient (Wildman–Crippen LogP) is 5.93. The molecule has 0 aliphatic carbocycles. The molecule has 0 atom stereocenters. The second-order valence-corrected chi connectivity index (χ2v) is 6.41. The molecule has 0 aromatic carbocycles. The summed E-state index contributed by atoms with van der Waals surface area (Å²) in [6.07, 6.45) is 23.8. The molecule has 4 N–H and O–H groups in total. The number of aliphatic carboxylic acids is 1. The molecule has 0 aliphatic rings. The molecule has 0 saturated carbocycles.